The number of nitrogens with zero attached hydrogens (tertiary/aromatic N) is 2. The maximum atomic E-state index is 11.3. The number of hydrogen-bond donors (Lipinski definition) is 2. The number of aliphatic carboxylic acids is 1. The second-order valence-corrected chi connectivity index (χ2v) is 4.99. The van der Waals surface area contributed by atoms with Gasteiger partial charge < -0.3 is 10.4 Å². The van der Waals surface area contributed by atoms with Crippen molar-refractivity contribution in [3.05, 3.63) is 28.4 Å². The van der Waals surface area contributed by atoms with Crippen LogP contribution in [-0.2, 0) is 4.79 Å². The summed E-state index contributed by atoms with van der Waals surface area (Å²) >= 11 is 0. The zero-order chi connectivity index (χ0) is 14.5. The van der Waals surface area contributed by atoms with Crippen molar-refractivity contribution in [3.8, 4) is 0 Å². The Morgan fingerprint density at radius 3 is 2.85 bits per heavy atom. The molecule has 7 heteroatoms. The van der Waals surface area contributed by atoms with Crippen molar-refractivity contribution in [1.29, 1.82) is 0 Å². The Morgan fingerprint density at radius 2 is 2.15 bits per heavy atom. The van der Waals surface area contributed by atoms with E-state index in [1.165, 1.54) is 18.3 Å². The quantitative estimate of drug-likeness (QED) is 0.498. The standard InChI is InChI=1S/C13H17N3O4/c17-13(18)10-4-2-1-3-5-11(10)15-12-8-9(16(19)20)6-7-14-12/h6-8,10-11H,1-5H2,(H,14,15)(H,17,18). The molecule has 2 rings (SSSR count). The van der Waals surface area contributed by atoms with Gasteiger partial charge >= 0.3 is 5.97 Å². The van der Waals surface area contributed by atoms with Crippen molar-refractivity contribution in [2.75, 3.05) is 5.32 Å². The first kappa shape index (κ1) is 14.2. The Labute approximate surface area is 116 Å². The summed E-state index contributed by atoms with van der Waals surface area (Å²) in [4.78, 5) is 25.6. The molecule has 1 heterocycles. The summed E-state index contributed by atoms with van der Waals surface area (Å²) in [5.74, 6) is -0.939. The Bertz CT molecular complexity index is 506. The highest BCUT2D eigenvalue weighted by molar-refractivity contribution is 5.71. The number of pyridine rings is 1. The van der Waals surface area contributed by atoms with Crippen LogP contribution < -0.4 is 5.32 Å². The fourth-order valence-electron chi connectivity index (χ4n) is 2.58. The number of carboxylic acid groups (broad SMARTS) is 1. The average Bonchev–Trinajstić information content (AvgIpc) is 2.64. The van der Waals surface area contributed by atoms with Crippen LogP contribution in [0.3, 0.4) is 0 Å². The van der Waals surface area contributed by atoms with Gasteiger partial charge in [-0.15, -0.1) is 0 Å². The molecule has 2 unspecified atom stereocenters. The van der Waals surface area contributed by atoms with Crippen molar-refractivity contribution in [1.82, 2.24) is 4.98 Å². The summed E-state index contributed by atoms with van der Waals surface area (Å²) in [5, 5.41) is 23.1. The summed E-state index contributed by atoms with van der Waals surface area (Å²) in [7, 11) is 0. The minimum absolute atomic E-state index is 0.0528. The van der Waals surface area contributed by atoms with E-state index < -0.39 is 16.8 Å². The van der Waals surface area contributed by atoms with Crippen LogP contribution in [-0.4, -0.2) is 27.0 Å². The van der Waals surface area contributed by atoms with Crippen LogP contribution in [0, 0.1) is 16.0 Å². The van der Waals surface area contributed by atoms with E-state index in [-0.39, 0.29) is 11.7 Å². The number of nitrogens with one attached hydrogen (secondary N) is 1. The van der Waals surface area contributed by atoms with E-state index in [0.717, 1.165) is 25.7 Å². The fraction of sp³-hybridized carbons (Fsp3) is 0.538. The molecule has 0 spiro atoms. The minimum atomic E-state index is -0.824. The van der Waals surface area contributed by atoms with Crippen LogP contribution in [0.5, 0.6) is 0 Å². The van der Waals surface area contributed by atoms with Gasteiger partial charge in [-0.1, -0.05) is 19.3 Å². The lowest BCUT2D eigenvalue weighted by molar-refractivity contribution is -0.384. The third-order valence-electron chi connectivity index (χ3n) is 3.62. The van der Waals surface area contributed by atoms with Gasteiger partial charge in [0.25, 0.3) is 5.69 Å². The smallest absolute Gasteiger partial charge is 0.308 e. The largest absolute Gasteiger partial charge is 0.481 e. The Kier molecular flexibility index (Phi) is 4.49. The van der Waals surface area contributed by atoms with Gasteiger partial charge in [0, 0.05) is 18.3 Å². The lowest BCUT2D eigenvalue weighted by atomic mass is 9.95. The second-order valence-electron chi connectivity index (χ2n) is 4.99. The molecular formula is C13H17N3O4. The molecule has 7 nitrogen and oxygen atoms in total. The van der Waals surface area contributed by atoms with Crippen LogP contribution in [0.15, 0.2) is 18.3 Å². The summed E-state index contributed by atoms with van der Waals surface area (Å²) in [6.07, 6.45) is 5.59. The average molecular weight is 279 g/mol. The van der Waals surface area contributed by atoms with Crippen molar-refractivity contribution in [2.45, 2.75) is 38.1 Å². The number of nitro groups is 1. The second kappa shape index (κ2) is 6.31. The number of carboxylic acids is 1. The summed E-state index contributed by atoms with van der Waals surface area (Å²) in [6, 6.07) is 2.42. The van der Waals surface area contributed by atoms with Gasteiger partial charge in [-0.3, -0.25) is 14.9 Å². The molecule has 2 N–H and O–H groups in total. The van der Waals surface area contributed by atoms with E-state index in [4.69, 9.17) is 0 Å². The molecule has 1 aliphatic rings. The maximum absolute atomic E-state index is 11.3. The molecule has 0 aliphatic heterocycles. The van der Waals surface area contributed by atoms with E-state index in [2.05, 4.69) is 10.3 Å². The summed E-state index contributed by atoms with van der Waals surface area (Å²) in [6.45, 7) is 0. The number of aromatic nitrogens is 1. The highest BCUT2D eigenvalue weighted by atomic mass is 16.6. The normalized spacial score (nSPS) is 22.8. The number of rotatable bonds is 4. The highest BCUT2D eigenvalue weighted by Gasteiger charge is 2.29. The Balaban J connectivity index is 2.15. The Morgan fingerprint density at radius 1 is 1.40 bits per heavy atom. The van der Waals surface area contributed by atoms with E-state index in [1.807, 2.05) is 0 Å². The van der Waals surface area contributed by atoms with Crippen LogP contribution >= 0.6 is 0 Å². The van der Waals surface area contributed by atoms with Gasteiger partial charge in [0.05, 0.1) is 16.9 Å². The molecule has 1 aliphatic carbocycles. The Hall–Kier alpha value is -2.18. The number of hydrogen-bond acceptors (Lipinski definition) is 5. The SMILES string of the molecule is O=C(O)C1CCCCCC1Nc1cc([N+](=O)[O-])ccn1. The van der Waals surface area contributed by atoms with Crippen molar-refractivity contribution >= 4 is 17.5 Å². The van der Waals surface area contributed by atoms with E-state index in [0.29, 0.717) is 12.2 Å². The molecule has 2 atom stereocenters. The molecular weight excluding hydrogens is 262 g/mol. The van der Waals surface area contributed by atoms with Gasteiger partial charge in [-0.2, -0.15) is 0 Å². The zero-order valence-corrected chi connectivity index (χ0v) is 11.0. The molecule has 1 saturated carbocycles. The van der Waals surface area contributed by atoms with E-state index in [1.54, 1.807) is 0 Å². The molecule has 1 aromatic heterocycles. The topological polar surface area (TPSA) is 105 Å². The van der Waals surface area contributed by atoms with Crippen LogP contribution in [0.25, 0.3) is 0 Å². The highest BCUT2D eigenvalue weighted by Crippen LogP contribution is 2.27. The van der Waals surface area contributed by atoms with Crippen LogP contribution in [0.2, 0.25) is 0 Å². The molecule has 0 radical (unpaired) electrons. The van der Waals surface area contributed by atoms with Crippen molar-refractivity contribution in [3.63, 3.8) is 0 Å². The zero-order valence-electron chi connectivity index (χ0n) is 11.0. The monoisotopic (exact) mass is 279 g/mol. The van der Waals surface area contributed by atoms with Gasteiger partial charge in [0.1, 0.15) is 5.82 Å². The minimum Gasteiger partial charge on any atom is -0.481 e. The van der Waals surface area contributed by atoms with Crippen molar-refractivity contribution in [2.24, 2.45) is 5.92 Å². The number of anilines is 1. The fourth-order valence-corrected chi connectivity index (χ4v) is 2.58. The third kappa shape index (κ3) is 3.43. The molecule has 1 fully saturated rings. The first-order valence-electron chi connectivity index (χ1n) is 6.67. The van der Waals surface area contributed by atoms with Gasteiger partial charge in [0.15, 0.2) is 0 Å². The molecule has 20 heavy (non-hydrogen) atoms. The first-order chi connectivity index (χ1) is 9.58. The lowest BCUT2D eigenvalue weighted by Crippen LogP contribution is -2.34. The molecule has 108 valence electrons. The maximum Gasteiger partial charge on any atom is 0.308 e. The van der Waals surface area contributed by atoms with E-state index >= 15 is 0 Å². The molecule has 0 saturated heterocycles. The van der Waals surface area contributed by atoms with Gasteiger partial charge in [0.2, 0.25) is 0 Å². The lowest BCUT2D eigenvalue weighted by Gasteiger charge is -2.23. The van der Waals surface area contributed by atoms with Gasteiger partial charge in [-0.05, 0) is 12.8 Å². The third-order valence-corrected chi connectivity index (χ3v) is 3.62. The number of carbonyl (C=O) groups is 1. The molecule has 1 aromatic rings. The summed E-state index contributed by atoms with van der Waals surface area (Å²) < 4.78 is 0. The van der Waals surface area contributed by atoms with Gasteiger partial charge in [-0.25, -0.2) is 4.98 Å². The van der Waals surface area contributed by atoms with Crippen LogP contribution in [0.4, 0.5) is 11.5 Å². The van der Waals surface area contributed by atoms with E-state index in [9.17, 15) is 20.0 Å². The predicted octanol–water partition coefficient (Wildman–Crippen LogP) is 2.44. The first-order valence-corrected chi connectivity index (χ1v) is 6.67. The predicted molar refractivity (Wildman–Crippen MR) is 72.5 cm³/mol. The molecule has 0 bridgehead atoms. The molecule has 0 aromatic carbocycles. The van der Waals surface area contributed by atoms with Crippen molar-refractivity contribution < 1.29 is 14.8 Å². The molecule has 0 amide bonds. The summed E-state index contributed by atoms with van der Waals surface area (Å²) in [5.41, 5.74) is -0.0528. The van der Waals surface area contributed by atoms with Crippen LogP contribution in [0.1, 0.15) is 32.1 Å².